The van der Waals surface area contributed by atoms with Crippen molar-refractivity contribution in [1.82, 2.24) is 0 Å². The molecule has 78 valence electrons. The van der Waals surface area contributed by atoms with Crippen LogP contribution < -0.4 is 0 Å². The second-order valence-electron chi connectivity index (χ2n) is 4.58. The molecule has 0 amide bonds. The molecule has 0 heterocycles. The van der Waals surface area contributed by atoms with Crippen LogP contribution in [0, 0.1) is 5.92 Å². The van der Waals surface area contributed by atoms with Crippen molar-refractivity contribution >= 4 is 32.2 Å². The van der Waals surface area contributed by atoms with E-state index in [0.29, 0.717) is 12.3 Å². The molecule has 0 N–H and O–H groups in total. The maximum atomic E-state index is 11.2. The third-order valence-corrected chi connectivity index (χ3v) is 7.07. The Bertz CT molecular complexity index is 163. The summed E-state index contributed by atoms with van der Waals surface area (Å²) in [5, 5.41) is 0. The molecule has 0 aliphatic rings. The summed E-state index contributed by atoms with van der Waals surface area (Å²) in [5.41, 5.74) is 0. The van der Waals surface area contributed by atoms with Crippen LogP contribution in [0.5, 0.6) is 0 Å². The van der Waals surface area contributed by atoms with Gasteiger partial charge in [-0.25, -0.2) is 0 Å². The van der Waals surface area contributed by atoms with E-state index < -0.39 is 17.0 Å². The Morgan fingerprint density at radius 1 is 1.38 bits per heavy atom. The Labute approximate surface area is 88.3 Å². The minimum absolute atomic E-state index is 0.0506. The van der Waals surface area contributed by atoms with Crippen molar-refractivity contribution in [3.8, 4) is 0 Å². The molecule has 0 aliphatic heterocycles. The summed E-state index contributed by atoms with van der Waals surface area (Å²) in [7, 11) is 1.45. The summed E-state index contributed by atoms with van der Waals surface area (Å²) in [6.07, 6.45) is 1.49. The Kier molecular flexibility index (Phi) is 6.46. The summed E-state index contributed by atoms with van der Waals surface area (Å²) in [6.45, 7) is 4.23. The zero-order valence-corrected chi connectivity index (χ0v) is 12.9. The second-order valence-corrected chi connectivity index (χ2v) is 26.6. The van der Waals surface area contributed by atoms with Gasteiger partial charge in [-0.2, -0.15) is 0 Å². The van der Waals surface area contributed by atoms with E-state index in [0.717, 1.165) is 6.42 Å². The van der Waals surface area contributed by atoms with Crippen LogP contribution in [-0.2, 0) is 8.98 Å². The van der Waals surface area contributed by atoms with Crippen LogP contribution in [-0.4, -0.2) is 23.0 Å². The van der Waals surface area contributed by atoms with Crippen molar-refractivity contribution in [2.75, 3.05) is 0 Å². The molecule has 0 spiro atoms. The summed E-state index contributed by atoms with van der Waals surface area (Å²) >= 11 is -1.97. The van der Waals surface area contributed by atoms with Gasteiger partial charge in [-0.15, -0.1) is 0 Å². The first kappa shape index (κ1) is 13.6. The monoisotopic (exact) mass is 312 g/mol. The minimum atomic E-state index is -1.97. The molecule has 0 unspecified atom stereocenters. The van der Waals surface area contributed by atoms with Crippen molar-refractivity contribution in [3.05, 3.63) is 0 Å². The standard InChI is InChI=1S/C6H12O2S.3CH3.Sn/c1-5(2)3-4-6(7)8-9;;;;/h5,9H,3-4H2,1-2H3;3*1H3;/q;;;;+1/p-1. The number of carbonyl (C=O) groups is 1. The van der Waals surface area contributed by atoms with E-state index in [1.165, 1.54) is 9.23 Å². The molecule has 0 aromatic rings. The van der Waals surface area contributed by atoms with Crippen molar-refractivity contribution in [2.45, 2.75) is 41.5 Å². The van der Waals surface area contributed by atoms with E-state index in [1.54, 1.807) is 0 Å². The molecule has 13 heavy (non-hydrogen) atoms. The Morgan fingerprint density at radius 3 is 2.31 bits per heavy atom. The molecule has 0 rings (SSSR count). The van der Waals surface area contributed by atoms with Crippen LogP contribution in [0.25, 0.3) is 0 Å². The van der Waals surface area contributed by atoms with Gasteiger partial charge in [-0.05, 0) is 0 Å². The molecule has 0 atom stereocenters. The molecule has 0 radical (unpaired) electrons. The molecule has 0 fully saturated rings. The maximum absolute atomic E-state index is 11.2. The third kappa shape index (κ3) is 10.5. The van der Waals surface area contributed by atoms with Gasteiger partial charge in [0.05, 0.1) is 0 Å². The summed E-state index contributed by atoms with van der Waals surface area (Å²) in [4.78, 5) is 17.9. The van der Waals surface area contributed by atoms with Gasteiger partial charge in [0.25, 0.3) is 0 Å². The average molecular weight is 311 g/mol. The molecule has 0 aliphatic carbocycles. The molecule has 0 aromatic carbocycles. The van der Waals surface area contributed by atoms with Crippen molar-refractivity contribution in [1.29, 1.82) is 0 Å². The predicted octanol–water partition coefficient (Wildman–Crippen LogP) is 3.45. The van der Waals surface area contributed by atoms with Crippen molar-refractivity contribution in [3.63, 3.8) is 0 Å². The first-order valence-electron chi connectivity index (χ1n) is 4.70. The topological polar surface area (TPSA) is 26.3 Å². The Hall–Kier alpha value is 0.619. The number of carbonyl (C=O) groups excluding carboxylic acids is 1. The zero-order chi connectivity index (χ0) is 10.5. The molecule has 0 saturated carbocycles. The first-order chi connectivity index (χ1) is 5.81. The van der Waals surface area contributed by atoms with Gasteiger partial charge in [0, 0.05) is 0 Å². The van der Waals surface area contributed by atoms with Crippen LogP contribution in [0.2, 0.25) is 14.8 Å². The Morgan fingerprint density at radius 2 is 1.92 bits per heavy atom. The Balaban J connectivity index is 3.53. The number of hydrogen-bond donors (Lipinski definition) is 0. The molecule has 0 saturated heterocycles. The normalized spacial score (nSPS) is 11.8. The molecular formula is C9H20O2SSn. The average Bonchev–Trinajstić information content (AvgIpc) is 1.95. The number of rotatable bonds is 5. The van der Waals surface area contributed by atoms with Crippen LogP contribution in [0.15, 0.2) is 0 Å². The van der Waals surface area contributed by atoms with Crippen LogP contribution >= 0.6 is 9.23 Å². The van der Waals surface area contributed by atoms with Crippen molar-refractivity contribution < 1.29 is 8.98 Å². The van der Waals surface area contributed by atoms with Crippen molar-refractivity contribution in [2.24, 2.45) is 5.92 Å². The van der Waals surface area contributed by atoms with Gasteiger partial charge in [-0.3, -0.25) is 0 Å². The molecule has 2 nitrogen and oxygen atoms in total. The SMILES string of the molecule is CC(C)CCC(=O)O[S][Sn]([CH3])([CH3])[CH3]. The zero-order valence-electron chi connectivity index (χ0n) is 9.22. The second kappa shape index (κ2) is 6.17. The fourth-order valence-electron chi connectivity index (χ4n) is 0.620. The summed E-state index contributed by atoms with van der Waals surface area (Å²) in [5.74, 6) is 0.529. The van der Waals surface area contributed by atoms with Gasteiger partial charge in [0.2, 0.25) is 0 Å². The van der Waals surface area contributed by atoms with Crippen LogP contribution in [0.1, 0.15) is 26.7 Å². The van der Waals surface area contributed by atoms with Gasteiger partial charge in [0.15, 0.2) is 0 Å². The third-order valence-electron chi connectivity index (χ3n) is 1.31. The fraction of sp³-hybridized carbons (Fsp3) is 0.889. The van der Waals surface area contributed by atoms with E-state index in [1.807, 2.05) is 0 Å². The summed E-state index contributed by atoms with van der Waals surface area (Å²) in [6, 6.07) is 0. The first-order valence-corrected chi connectivity index (χ1v) is 17.5. The summed E-state index contributed by atoms with van der Waals surface area (Å²) < 4.78 is 5.13. The predicted molar refractivity (Wildman–Crippen MR) is 61.1 cm³/mol. The quantitative estimate of drug-likeness (QED) is 0.575. The van der Waals surface area contributed by atoms with E-state index >= 15 is 0 Å². The van der Waals surface area contributed by atoms with Gasteiger partial charge in [0.1, 0.15) is 0 Å². The van der Waals surface area contributed by atoms with E-state index in [4.69, 9.17) is 4.18 Å². The van der Waals surface area contributed by atoms with Crippen LogP contribution in [0.3, 0.4) is 0 Å². The molecule has 4 heteroatoms. The van der Waals surface area contributed by atoms with E-state index in [-0.39, 0.29) is 5.97 Å². The fourth-order valence-corrected chi connectivity index (χ4v) is 3.98. The molecule has 0 aromatic heterocycles. The van der Waals surface area contributed by atoms with Gasteiger partial charge >= 0.3 is 88.6 Å². The molecule has 0 bridgehead atoms. The van der Waals surface area contributed by atoms with Crippen LogP contribution in [0.4, 0.5) is 0 Å². The van der Waals surface area contributed by atoms with E-state index in [2.05, 4.69) is 28.7 Å². The van der Waals surface area contributed by atoms with Gasteiger partial charge in [-0.1, -0.05) is 0 Å². The molecular weight excluding hydrogens is 291 g/mol. The van der Waals surface area contributed by atoms with E-state index in [9.17, 15) is 4.79 Å². The number of hydrogen-bond acceptors (Lipinski definition) is 3. The van der Waals surface area contributed by atoms with Gasteiger partial charge < -0.3 is 0 Å².